The number of piperidine rings is 2. The fraction of sp³-hybridized carbons (Fsp3) is 1.00. The number of fused-ring (bicyclic) bond motifs is 1. The van der Waals surface area contributed by atoms with Gasteiger partial charge in [-0.25, -0.2) is 0 Å². The molecule has 2 aliphatic heterocycles. The molecule has 2 unspecified atom stereocenters. The zero-order valence-corrected chi connectivity index (χ0v) is 9.47. The van der Waals surface area contributed by atoms with Crippen LogP contribution in [0.5, 0.6) is 0 Å². The summed E-state index contributed by atoms with van der Waals surface area (Å²) in [5.41, 5.74) is 0. The van der Waals surface area contributed by atoms with E-state index in [9.17, 15) is 0 Å². The maximum atomic E-state index is 3.69. The Hall–Kier alpha value is -0.0800. The number of unbranched alkanes of at least 4 members (excludes halogenated alkanes) is 1. The van der Waals surface area contributed by atoms with E-state index in [1.165, 1.54) is 58.2 Å². The largest absolute Gasteiger partial charge is 0.312 e. The molecule has 0 aromatic heterocycles. The molecule has 1 N–H and O–H groups in total. The Bertz CT molecular complexity index is 168. The van der Waals surface area contributed by atoms with Crippen molar-refractivity contribution in [1.29, 1.82) is 0 Å². The van der Waals surface area contributed by atoms with Crippen LogP contribution in [0.1, 0.15) is 45.4 Å². The second-order valence-electron chi connectivity index (χ2n) is 4.80. The van der Waals surface area contributed by atoms with Crippen molar-refractivity contribution in [2.45, 2.75) is 57.5 Å². The van der Waals surface area contributed by atoms with Gasteiger partial charge in [-0.05, 0) is 51.7 Å². The minimum Gasteiger partial charge on any atom is -0.312 e. The van der Waals surface area contributed by atoms with Crippen molar-refractivity contribution in [2.24, 2.45) is 0 Å². The van der Waals surface area contributed by atoms with Gasteiger partial charge < -0.3 is 5.32 Å². The van der Waals surface area contributed by atoms with E-state index in [4.69, 9.17) is 0 Å². The lowest BCUT2D eigenvalue weighted by Crippen LogP contribution is -2.56. The van der Waals surface area contributed by atoms with Gasteiger partial charge in [0, 0.05) is 12.1 Å². The molecule has 2 rings (SSSR count). The van der Waals surface area contributed by atoms with Crippen molar-refractivity contribution in [2.75, 3.05) is 19.6 Å². The van der Waals surface area contributed by atoms with Crippen molar-refractivity contribution < 1.29 is 0 Å². The van der Waals surface area contributed by atoms with E-state index in [2.05, 4.69) is 17.1 Å². The quantitative estimate of drug-likeness (QED) is 0.743. The molecular formula is C12H24N2. The second-order valence-corrected chi connectivity index (χ2v) is 4.80. The molecule has 2 fully saturated rings. The van der Waals surface area contributed by atoms with E-state index >= 15 is 0 Å². The average molecular weight is 196 g/mol. The molecule has 0 aliphatic carbocycles. The normalized spacial score (nSPS) is 34.1. The first-order valence-electron chi connectivity index (χ1n) is 6.39. The van der Waals surface area contributed by atoms with Gasteiger partial charge in [-0.15, -0.1) is 0 Å². The lowest BCUT2D eigenvalue weighted by atomic mass is 9.89. The van der Waals surface area contributed by atoms with Crippen LogP contribution in [0, 0.1) is 0 Å². The van der Waals surface area contributed by atoms with E-state index in [1.54, 1.807) is 0 Å². The van der Waals surface area contributed by atoms with Crippen LogP contribution in [0.15, 0.2) is 0 Å². The highest BCUT2D eigenvalue weighted by molar-refractivity contribution is 4.91. The van der Waals surface area contributed by atoms with E-state index in [0.717, 1.165) is 12.1 Å². The lowest BCUT2D eigenvalue weighted by molar-refractivity contribution is 0.0856. The molecule has 2 atom stereocenters. The first-order valence-corrected chi connectivity index (χ1v) is 6.39. The highest BCUT2D eigenvalue weighted by Crippen LogP contribution is 2.24. The Kier molecular flexibility index (Phi) is 3.82. The Balaban J connectivity index is 1.88. The number of likely N-dealkylation sites (tertiary alicyclic amines) is 1. The van der Waals surface area contributed by atoms with Crippen LogP contribution in [0.3, 0.4) is 0 Å². The van der Waals surface area contributed by atoms with Crippen LogP contribution in [0.2, 0.25) is 0 Å². The Morgan fingerprint density at radius 2 is 2.21 bits per heavy atom. The van der Waals surface area contributed by atoms with Crippen molar-refractivity contribution in [3.63, 3.8) is 0 Å². The highest BCUT2D eigenvalue weighted by Gasteiger charge is 2.32. The molecule has 0 bridgehead atoms. The van der Waals surface area contributed by atoms with Gasteiger partial charge >= 0.3 is 0 Å². The fourth-order valence-electron chi connectivity index (χ4n) is 2.99. The van der Waals surface area contributed by atoms with E-state index in [-0.39, 0.29) is 0 Å². The van der Waals surface area contributed by atoms with Crippen LogP contribution < -0.4 is 5.32 Å². The van der Waals surface area contributed by atoms with E-state index in [0.29, 0.717) is 0 Å². The zero-order valence-electron chi connectivity index (χ0n) is 9.47. The maximum absolute atomic E-state index is 3.69. The van der Waals surface area contributed by atoms with Crippen LogP contribution in [-0.4, -0.2) is 36.6 Å². The predicted octanol–water partition coefficient (Wildman–Crippen LogP) is 2.00. The number of hydrogen-bond acceptors (Lipinski definition) is 2. The summed E-state index contributed by atoms with van der Waals surface area (Å²) in [6.07, 6.45) is 8.33. The second kappa shape index (κ2) is 5.13. The molecule has 2 nitrogen and oxygen atoms in total. The zero-order chi connectivity index (χ0) is 9.80. The molecule has 0 aromatic carbocycles. The topological polar surface area (TPSA) is 15.3 Å². The predicted molar refractivity (Wildman–Crippen MR) is 60.5 cm³/mol. The Morgan fingerprint density at radius 1 is 1.29 bits per heavy atom. The molecule has 2 saturated heterocycles. The molecule has 2 heteroatoms. The number of rotatable bonds is 3. The lowest BCUT2D eigenvalue weighted by Gasteiger charge is -2.44. The number of nitrogens with zero attached hydrogens (tertiary/aromatic N) is 1. The molecule has 0 radical (unpaired) electrons. The van der Waals surface area contributed by atoms with Gasteiger partial charge in [-0.3, -0.25) is 4.90 Å². The number of hydrogen-bond donors (Lipinski definition) is 1. The highest BCUT2D eigenvalue weighted by atomic mass is 15.2. The first kappa shape index (κ1) is 10.4. The molecule has 0 spiro atoms. The summed E-state index contributed by atoms with van der Waals surface area (Å²) >= 11 is 0. The van der Waals surface area contributed by atoms with Gasteiger partial charge in [0.05, 0.1) is 0 Å². The minimum atomic E-state index is 0.814. The molecule has 0 saturated carbocycles. The number of nitrogens with one attached hydrogen (secondary N) is 1. The molecule has 2 aliphatic rings. The third-order valence-corrected chi connectivity index (χ3v) is 3.78. The third-order valence-electron chi connectivity index (χ3n) is 3.78. The van der Waals surface area contributed by atoms with E-state index < -0.39 is 0 Å². The van der Waals surface area contributed by atoms with Crippen LogP contribution in [-0.2, 0) is 0 Å². The first-order chi connectivity index (χ1) is 6.92. The smallest absolute Gasteiger partial charge is 0.0249 e. The van der Waals surface area contributed by atoms with Gasteiger partial charge in [0.25, 0.3) is 0 Å². The fourth-order valence-corrected chi connectivity index (χ4v) is 2.99. The van der Waals surface area contributed by atoms with Crippen molar-refractivity contribution in [3.05, 3.63) is 0 Å². The standard InChI is InChI=1S/C12H24N2/c1-2-3-9-14-10-5-6-11-12(14)7-4-8-13-11/h11-13H,2-10H2,1H3. The molecule has 0 aromatic rings. The van der Waals surface area contributed by atoms with Gasteiger partial charge in [0.2, 0.25) is 0 Å². The monoisotopic (exact) mass is 196 g/mol. The van der Waals surface area contributed by atoms with Crippen molar-refractivity contribution in [1.82, 2.24) is 10.2 Å². The summed E-state index contributed by atoms with van der Waals surface area (Å²) in [5.74, 6) is 0. The van der Waals surface area contributed by atoms with Gasteiger partial charge in [0.1, 0.15) is 0 Å². The van der Waals surface area contributed by atoms with Gasteiger partial charge in [0.15, 0.2) is 0 Å². The van der Waals surface area contributed by atoms with Crippen molar-refractivity contribution in [3.8, 4) is 0 Å². The maximum Gasteiger partial charge on any atom is 0.0249 e. The van der Waals surface area contributed by atoms with Gasteiger partial charge in [-0.1, -0.05) is 13.3 Å². The molecule has 82 valence electrons. The Labute approximate surface area is 88.1 Å². The van der Waals surface area contributed by atoms with Crippen LogP contribution in [0.4, 0.5) is 0 Å². The Morgan fingerprint density at radius 3 is 3.07 bits per heavy atom. The molecule has 14 heavy (non-hydrogen) atoms. The van der Waals surface area contributed by atoms with Crippen LogP contribution in [0.25, 0.3) is 0 Å². The summed E-state index contributed by atoms with van der Waals surface area (Å²) in [6, 6.07) is 1.68. The average Bonchev–Trinajstić information content (AvgIpc) is 2.26. The third kappa shape index (κ3) is 2.29. The summed E-state index contributed by atoms with van der Waals surface area (Å²) in [6.45, 7) is 6.23. The summed E-state index contributed by atoms with van der Waals surface area (Å²) in [4.78, 5) is 2.74. The summed E-state index contributed by atoms with van der Waals surface area (Å²) in [7, 11) is 0. The SMILES string of the molecule is CCCCN1CCCC2NCCCC21. The molecule has 0 amide bonds. The molecular weight excluding hydrogens is 172 g/mol. The molecule has 2 heterocycles. The van der Waals surface area contributed by atoms with Crippen LogP contribution >= 0.6 is 0 Å². The minimum absolute atomic E-state index is 0.814. The summed E-state index contributed by atoms with van der Waals surface area (Å²) < 4.78 is 0. The van der Waals surface area contributed by atoms with Gasteiger partial charge in [-0.2, -0.15) is 0 Å². The van der Waals surface area contributed by atoms with E-state index in [1.807, 2.05) is 0 Å². The van der Waals surface area contributed by atoms with Crippen molar-refractivity contribution >= 4 is 0 Å². The summed E-state index contributed by atoms with van der Waals surface area (Å²) in [5, 5.41) is 3.69.